The Morgan fingerprint density at radius 3 is 2.58 bits per heavy atom. The predicted octanol–water partition coefficient (Wildman–Crippen LogP) is 0.0305. The average Bonchev–Trinajstić information content (AvgIpc) is 2.88. The van der Waals surface area contributed by atoms with Gasteiger partial charge in [0.1, 0.15) is 6.04 Å². The van der Waals surface area contributed by atoms with Gasteiger partial charge in [-0.2, -0.15) is 0 Å². The van der Waals surface area contributed by atoms with Crippen molar-refractivity contribution in [3.05, 3.63) is 0 Å². The number of rotatable bonds is 2. The maximum absolute atomic E-state index is 11.3. The minimum atomic E-state index is -0.721. The van der Waals surface area contributed by atoms with Gasteiger partial charge in [0.15, 0.2) is 5.79 Å². The average molecular weight is 270 g/mol. The van der Waals surface area contributed by atoms with Gasteiger partial charge in [0.2, 0.25) is 0 Å². The molecule has 108 valence electrons. The molecule has 0 radical (unpaired) electrons. The summed E-state index contributed by atoms with van der Waals surface area (Å²) < 4.78 is 11.4. The van der Waals surface area contributed by atoms with Crippen LogP contribution in [0.4, 0.5) is 0 Å². The van der Waals surface area contributed by atoms with Crippen molar-refractivity contribution in [2.75, 3.05) is 32.8 Å². The summed E-state index contributed by atoms with van der Waals surface area (Å²) in [4.78, 5) is 13.5. The van der Waals surface area contributed by atoms with Crippen molar-refractivity contribution in [2.45, 2.75) is 43.6 Å². The van der Waals surface area contributed by atoms with Gasteiger partial charge in [0, 0.05) is 38.5 Å². The third-order valence-corrected chi connectivity index (χ3v) is 4.57. The maximum Gasteiger partial charge on any atom is 0.322 e. The Hall–Kier alpha value is -0.690. The number of aliphatic carboxylic acids is 1. The third-order valence-electron chi connectivity index (χ3n) is 4.57. The highest BCUT2D eigenvalue weighted by atomic mass is 16.7. The minimum Gasteiger partial charge on any atom is -0.480 e. The lowest BCUT2D eigenvalue weighted by Crippen LogP contribution is -2.59. The van der Waals surface area contributed by atoms with Gasteiger partial charge in [0.25, 0.3) is 0 Å². The van der Waals surface area contributed by atoms with Crippen molar-refractivity contribution in [3.8, 4) is 0 Å². The molecule has 1 saturated carbocycles. The molecule has 0 bridgehead atoms. The van der Waals surface area contributed by atoms with E-state index in [0.29, 0.717) is 25.8 Å². The summed E-state index contributed by atoms with van der Waals surface area (Å²) in [6, 6.07) is -0.0418. The smallest absolute Gasteiger partial charge is 0.322 e. The summed E-state index contributed by atoms with van der Waals surface area (Å²) in [5.74, 6) is -1.08. The highest BCUT2D eigenvalue weighted by Gasteiger charge is 2.43. The summed E-state index contributed by atoms with van der Waals surface area (Å²) in [7, 11) is 0. The fourth-order valence-electron chi connectivity index (χ4n) is 3.55. The molecule has 0 aromatic carbocycles. The van der Waals surface area contributed by atoms with Crippen molar-refractivity contribution < 1.29 is 19.4 Å². The lowest BCUT2D eigenvalue weighted by molar-refractivity contribution is -0.186. The molecule has 1 spiro atoms. The van der Waals surface area contributed by atoms with Crippen LogP contribution in [0, 0.1) is 0 Å². The topological polar surface area (TPSA) is 71.0 Å². The second-order valence-corrected chi connectivity index (χ2v) is 5.63. The Balaban J connectivity index is 1.61. The van der Waals surface area contributed by atoms with Gasteiger partial charge in [0.05, 0.1) is 13.2 Å². The van der Waals surface area contributed by atoms with E-state index in [2.05, 4.69) is 10.2 Å². The molecule has 0 aromatic heterocycles. The Morgan fingerprint density at radius 2 is 1.95 bits per heavy atom. The van der Waals surface area contributed by atoms with E-state index in [4.69, 9.17) is 9.47 Å². The number of hydrogen-bond acceptors (Lipinski definition) is 5. The van der Waals surface area contributed by atoms with Crippen molar-refractivity contribution in [3.63, 3.8) is 0 Å². The molecule has 0 amide bonds. The van der Waals surface area contributed by atoms with E-state index >= 15 is 0 Å². The quantitative estimate of drug-likeness (QED) is 0.738. The van der Waals surface area contributed by atoms with Gasteiger partial charge in [-0.3, -0.25) is 9.69 Å². The zero-order valence-corrected chi connectivity index (χ0v) is 11.1. The van der Waals surface area contributed by atoms with Crippen LogP contribution in [-0.4, -0.2) is 66.7 Å². The SMILES string of the molecule is O=C(O)C1CNCCN1C1CCC2(CC1)OCCO2. The van der Waals surface area contributed by atoms with E-state index in [1.807, 2.05) is 0 Å². The molecule has 6 heteroatoms. The minimum absolute atomic E-state index is 0.349. The van der Waals surface area contributed by atoms with E-state index in [1.165, 1.54) is 0 Å². The van der Waals surface area contributed by atoms with E-state index in [1.54, 1.807) is 0 Å². The number of ether oxygens (including phenoxy) is 2. The molecule has 1 atom stereocenters. The van der Waals surface area contributed by atoms with Crippen LogP contribution in [0.25, 0.3) is 0 Å². The highest BCUT2D eigenvalue weighted by Crippen LogP contribution is 2.37. The predicted molar refractivity (Wildman–Crippen MR) is 67.9 cm³/mol. The summed E-state index contributed by atoms with van der Waals surface area (Å²) in [5.41, 5.74) is 0. The third kappa shape index (κ3) is 2.63. The molecule has 0 aromatic rings. The molecule has 3 rings (SSSR count). The molecule has 1 aliphatic carbocycles. The molecule has 6 nitrogen and oxygen atoms in total. The zero-order valence-electron chi connectivity index (χ0n) is 11.1. The number of carboxylic acids is 1. The van der Waals surface area contributed by atoms with Crippen molar-refractivity contribution >= 4 is 5.97 Å². The number of piperazine rings is 1. The first-order valence-corrected chi connectivity index (χ1v) is 7.17. The molecule has 2 N–H and O–H groups in total. The van der Waals surface area contributed by atoms with E-state index in [9.17, 15) is 9.90 Å². The Morgan fingerprint density at radius 1 is 1.26 bits per heavy atom. The van der Waals surface area contributed by atoms with Crippen LogP contribution < -0.4 is 5.32 Å². The van der Waals surface area contributed by atoms with Crippen molar-refractivity contribution in [1.29, 1.82) is 0 Å². The van der Waals surface area contributed by atoms with Crippen molar-refractivity contribution in [1.82, 2.24) is 10.2 Å². The first-order valence-electron chi connectivity index (χ1n) is 7.17. The van der Waals surface area contributed by atoms with Crippen LogP contribution >= 0.6 is 0 Å². The Labute approximate surface area is 113 Å². The molecular weight excluding hydrogens is 248 g/mol. The molecule has 2 saturated heterocycles. The summed E-state index contributed by atoms with van der Waals surface area (Å²) in [6.07, 6.45) is 3.69. The second kappa shape index (κ2) is 5.36. The second-order valence-electron chi connectivity index (χ2n) is 5.63. The van der Waals surface area contributed by atoms with Crippen LogP contribution in [0.3, 0.4) is 0 Å². The number of carboxylic acid groups (broad SMARTS) is 1. The summed E-state index contributed by atoms with van der Waals surface area (Å²) in [6.45, 7) is 3.62. The lowest BCUT2D eigenvalue weighted by Gasteiger charge is -2.44. The van der Waals surface area contributed by atoms with Crippen LogP contribution in [-0.2, 0) is 14.3 Å². The number of nitrogens with one attached hydrogen (secondary N) is 1. The molecular formula is C13H22N2O4. The number of hydrogen-bond donors (Lipinski definition) is 2. The van der Waals surface area contributed by atoms with Crippen LogP contribution in [0.15, 0.2) is 0 Å². The monoisotopic (exact) mass is 270 g/mol. The van der Waals surface area contributed by atoms with E-state index in [-0.39, 0.29) is 5.79 Å². The lowest BCUT2D eigenvalue weighted by atomic mass is 9.88. The molecule has 2 heterocycles. The molecule has 19 heavy (non-hydrogen) atoms. The van der Waals surface area contributed by atoms with Gasteiger partial charge in [-0.25, -0.2) is 0 Å². The van der Waals surface area contributed by atoms with Gasteiger partial charge in [-0.05, 0) is 12.8 Å². The Kier molecular flexibility index (Phi) is 3.75. The number of carbonyl (C=O) groups is 1. The molecule has 3 aliphatic rings. The largest absolute Gasteiger partial charge is 0.480 e. The number of nitrogens with zero attached hydrogens (tertiary/aromatic N) is 1. The molecule has 2 aliphatic heterocycles. The molecule has 1 unspecified atom stereocenters. The fraction of sp³-hybridized carbons (Fsp3) is 0.923. The normalized spacial score (nSPS) is 32.7. The van der Waals surface area contributed by atoms with Crippen LogP contribution in [0.2, 0.25) is 0 Å². The maximum atomic E-state index is 11.3. The Bertz CT molecular complexity index is 334. The first-order chi connectivity index (χ1) is 9.20. The standard InChI is InChI=1S/C13H22N2O4/c16-12(17)11-9-14-5-6-15(11)10-1-3-13(4-2-10)18-7-8-19-13/h10-11,14H,1-9H2,(H,16,17). The van der Waals surface area contributed by atoms with Crippen LogP contribution in [0.5, 0.6) is 0 Å². The van der Waals surface area contributed by atoms with Gasteiger partial charge < -0.3 is 19.9 Å². The van der Waals surface area contributed by atoms with Crippen LogP contribution in [0.1, 0.15) is 25.7 Å². The van der Waals surface area contributed by atoms with Gasteiger partial charge in [-0.1, -0.05) is 0 Å². The molecule has 3 fully saturated rings. The highest BCUT2D eigenvalue weighted by molar-refractivity contribution is 5.74. The van der Waals surface area contributed by atoms with E-state index < -0.39 is 12.0 Å². The van der Waals surface area contributed by atoms with E-state index in [0.717, 1.165) is 38.8 Å². The summed E-state index contributed by atoms with van der Waals surface area (Å²) in [5, 5.41) is 12.5. The van der Waals surface area contributed by atoms with Gasteiger partial charge in [-0.15, -0.1) is 0 Å². The zero-order chi connectivity index (χ0) is 13.3. The fourth-order valence-corrected chi connectivity index (χ4v) is 3.55. The van der Waals surface area contributed by atoms with Gasteiger partial charge >= 0.3 is 5.97 Å². The first kappa shape index (κ1) is 13.3. The summed E-state index contributed by atoms with van der Waals surface area (Å²) >= 11 is 0. The van der Waals surface area contributed by atoms with Crippen molar-refractivity contribution in [2.24, 2.45) is 0 Å².